The lowest BCUT2D eigenvalue weighted by atomic mass is 9.92. The highest BCUT2D eigenvalue weighted by Gasteiger charge is 2.53. The van der Waals surface area contributed by atoms with Crippen LogP contribution in [0.2, 0.25) is 0 Å². The van der Waals surface area contributed by atoms with Gasteiger partial charge in [-0.1, -0.05) is 18.2 Å². The summed E-state index contributed by atoms with van der Waals surface area (Å²) in [7, 11) is 0. The molecular formula is C18H22FN5O3. The average Bonchev–Trinajstić information content (AvgIpc) is 3.02. The molecule has 2 aliphatic heterocycles. The Bertz CT molecular complexity index is 768. The lowest BCUT2D eigenvalue weighted by molar-refractivity contribution is -0.119. The van der Waals surface area contributed by atoms with Crippen molar-refractivity contribution >= 4 is 12.0 Å². The molecule has 0 aromatic heterocycles. The van der Waals surface area contributed by atoms with Crippen molar-refractivity contribution in [1.29, 1.82) is 5.26 Å². The summed E-state index contributed by atoms with van der Waals surface area (Å²) in [6, 6.07) is 8.36. The summed E-state index contributed by atoms with van der Waals surface area (Å²) < 4.78 is 20.2. The van der Waals surface area contributed by atoms with Gasteiger partial charge in [0, 0.05) is 32.1 Å². The number of benzene rings is 1. The van der Waals surface area contributed by atoms with E-state index in [9.17, 15) is 19.2 Å². The molecule has 2 N–H and O–H groups in total. The molecule has 2 atom stereocenters. The quantitative estimate of drug-likeness (QED) is 0.722. The van der Waals surface area contributed by atoms with E-state index < -0.39 is 23.7 Å². The molecule has 8 nitrogen and oxygen atoms in total. The van der Waals surface area contributed by atoms with Gasteiger partial charge in [-0.2, -0.15) is 5.26 Å². The van der Waals surface area contributed by atoms with E-state index in [0.29, 0.717) is 18.7 Å². The van der Waals surface area contributed by atoms with Crippen molar-refractivity contribution in [3.05, 3.63) is 35.6 Å². The van der Waals surface area contributed by atoms with Gasteiger partial charge in [-0.25, -0.2) is 9.18 Å². The summed E-state index contributed by atoms with van der Waals surface area (Å²) >= 11 is 0. The van der Waals surface area contributed by atoms with E-state index in [1.165, 1.54) is 17.9 Å². The number of carbonyl (C=O) groups excluding carboxylic acids is 2. The van der Waals surface area contributed by atoms with Crippen LogP contribution >= 0.6 is 0 Å². The Morgan fingerprint density at radius 3 is 3.00 bits per heavy atom. The second kappa shape index (κ2) is 7.90. The number of hydrogen-bond donors (Lipinski definition) is 2. The van der Waals surface area contributed by atoms with Gasteiger partial charge in [0.05, 0.1) is 25.7 Å². The van der Waals surface area contributed by atoms with E-state index in [0.717, 1.165) is 0 Å². The molecule has 1 aromatic rings. The minimum atomic E-state index is -1.18. The molecule has 27 heavy (non-hydrogen) atoms. The van der Waals surface area contributed by atoms with Gasteiger partial charge in [0.2, 0.25) is 5.91 Å². The number of nitrogens with zero attached hydrogens (tertiary/aromatic N) is 3. The van der Waals surface area contributed by atoms with E-state index in [-0.39, 0.29) is 32.1 Å². The number of nitriles is 1. The Balaban J connectivity index is 2.00. The molecule has 2 aliphatic rings. The van der Waals surface area contributed by atoms with Crippen molar-refractivity contribution in [2.24, 2.45) is 0 Å². The van der Waals surface area contributed by atoms with Crippen molar-refractivity contribution in [3.8, 4) is 6.07 Å². The molecule has 0 radical (unpaired) electrons. The maximum atomic E-state index is 14.8. The standard InChI is InChI=1S/C18H22FN5O3/c1-13(25)22-10-14-11-24(17(26)27-14)18(15-4-2-3-5-16(15)19)12-21-7-9-23(18)8-6-20/h2-5,14,21H,7-12H2,1H3,(H,22,25). The summed E-state index contributed by atoms with van der Waals surface area (Å²) in [5.41, 5.74) is -0.869. The maximum absolute atomic E-state index is 14.8. The molecule has 0 bridgehead atoms. The van der Waals surface area contributed by atoms with Crippen LogP contribution in [0.1, 0.15) is 12.5 Å². The number of ether oxygens (including phenoxy) is 1. The van der Waals surface area contributed by atoms with Crippen molar-refractivity contribution in [3.63, 3.8) is 0 Å². The van der Waals surface area contributed by atoms with E-state index in [1.54, 1.807) is 23.1 Å². The van der Waals surface area contributed by atoms with Crippen molar-refractivity contribution in [1.82, 2.24) is 20.4 Å². The smallest absolute Gasteiger partial charge is 0.412 e. The summed E-state index contributed by atoms with van der Waals surface area (Å²) in [5.74, 6) is -0.680. The first kappa shape index (κ1) is 19.1. The van der Waals surface area contributed by atoms with Crippen LogP contribution < -0.4 is 10.6 Å². The van der Waals surface area contributed by atoms with E-state index in [2.05, 4.69) is 16.7 Å². The van der Waals surface area contributed by atoms with Crippen LogP contribution in [0.4, 0.5) is 9.18 Å². The van der Waals surface area contributed by atoms with Crippen molar-refractivity contribution < 1.29 is 18.7 Å². The molecule has 1 aromatic carbocycles. The molecule has 2 heterocycles. The van der Waals surface area contributed by atoms with Gasteiger partial charge in [0.15, 0.2) is 0 Å². The lowest BCUT2D eigenvalue weighted by Crippen LogP contribution is -2.67. The number of rotatable bonds is 5. The molecule has 2 saturated heterocycles. The van der Waals surface area contributed by atoms with Crippen molar-refractivity contribution in [2.45, 2.75) is 18.7 Å². The monoisotopic (exact) mass is 375 g/mol. The van der Waals surface area contributed by atoms with E-state index in [1.807, 2.05) is 0 Å². The minimum Gasteiger partial charge on any atom is -0.442 e. The Morgan fingerprint density at radius 2 is 2.30 bits per heavy atom. The molecule has 2 unspecified atom stereocenters. The van der Waals surface area contributed by atoms with Gasteiger partial charge in [-0.3, -0.25) is 14.6 Å². The van der Waals surface area contributed by atoms with Gasteiger partial charge < -0.3 is 15.4 Å². The molecule has 0 spiro atoms. The molecule has 9 heteroatoms. The fourth-order valence-corrected chi connectivity index (χ4v) is 3.72. The van der Waals surface area contributed by atoms with Gasteiger partial charge in [-0.05, 0) is 6.07 Å². The summed E-state index contributed by atoms with van der Waals surface area (Å²) in [6.45, 7) is 3.13. The predicted octanol–water partition coefficient (Wildman–Crippen LogP) is 0.364. The zero-order valence-corrected chi connectivity index (χ0v) is 15.1. The first-order chi connectivity index (χ1) is 13.0. The second-order valence-corrected chi connectivity index (χ2v) is 6.61. The van der Waals surface area contributed by atoms with Crippen LogP contribution in [0.3, 0.4) is 0 Å². The van der Waals surface area contributed by atoms with Crippen molar-refractivity contribution in [2.75, 3.05) is 39.3 Å². The summed E-state index contributed by atoms with van der Waals surface area (Å²) in [4.78, 5) is 27.1. The van der Waals surface area contributed by atoms with Crippen LogP contribution in [0.25, 0.3) is 0 Å². The highest BCUT2D eigenvalue weighted by Crippen LogP contribution is 2.38. The van der Waals surface area contributed by atoms with Crippen LogP contribution in [-0.4, -0.2) is 67.2 Å². The highest BCUT2D eigenvalue weighted by molar-refractivity contribution is 5.74. The van der Waals surface area contributed by atoms with Gasteiger partial charge in [0.1, 0.15) is 17.6 Å². The number of nitrogens with one attached hydrogen (secondary N) is 2. The maximum Gasteiger partial charge on any atom is 0.412 e. The highest BCUT2D eigenvalue weighted by atomic mass is 19.1. The zero-order chi connectivity index (χ0) is 19.4. The molecule has 144 valence electrons. The van der Waals surface area contributed by atoms with Crippen LogP contribution in [0, 0.1) is 17.1 Å². The number of hydrogen-bond acceptors (Lipinski definition) is 6. The topological polar surface area (TPSA) is 97.7 Å². The molecule has 2 fully saturated rings. The second-order valence-electron chi connectivity index (χ2n) is 6.61. The number of piperazine rings is 1. The van der Waals surface area contributed by atoms with Crippen LogP contribution in [-0.2, 0) is 15.2 Å². The number of carbonyl (C=O) groups is 2. The molecule has 2 amide bonds. The zero-order valence-electron chi connectivity index (χ0n) is 15.1. The normalized spacial score (nSPS) is 25.7. The Morgan fingerprint density at radius 1 is 1.52 bits per heavy atom. The Hall–Kier alpha value is -2.70. The van der Waals surface area contributed by atoms with Crippen LogP contribution in [0.15, 0.2) is 24.3 Å². The Kier molecular flexibility index (Phi) is 5.58. The fraction of sp³-hybridized carbons (Fsp3) is 0.500. The van der Waals surface area contributed by atoms with Gasteiger partial charge >= 0.3 is 6.09 Å². The largest absolute Gasteiger partial charge is 0.442 e. The van der Waals surface area contributed by atoms with Gasteiger partial charge in [0.25, 0.3) is 0 Å². The molecule has 0 aliphatic carbocycles. The number of amides is 2. The third-order valence-corrected chi connectivity index (χ3v) is 4.92. The fourth-order valence-electron chi connectivity index (χ4n) is 3.72. The molecular weight excluding hydrogens is 353 g/mol. The van der Waals surface area contributed by atoms with E-state index >= 15 is 0 Å². The first-order valence-electron chi connectivity index (χ1n) is 8.79. The summed E-state index contributed by atoms with van der Waals surface area (Å²) in [5, 5.41) is 15.1. The SMILES string of the molecule is CC(=O)NCC1CN(C2(c3ccccc3F)CNCCN2CC#N)C(=O)O1. The Labute approximate surface area is 156 Å². The predicted molar refractivity (Wildman–Crippen MR) is 93.8 cm³/mol. The minimum absolute atomic E-state index is 0.0379. The number of cyclic esters (lactones) is 1. The average molecular weight is 375 g/mol. The van der Waals surface area contributed by atoms with Gasteiger partial charge in [-0.15, -0.1) is 0 Å². The first-order valence-corrected chi connectivity index (χ1v) is 8.79. The van der Waals surface area contributed by atoms with E-state index in [4.69, 9.17) is 4.74 Å². The third-order valence-electron chi connectivity index (χ3n) is 4.92. The van der Waals surface area contributed by atoms with Crippen LogP contribution in [0.5, 0.6) is 0 Å². The molecule has 0 saturated carbocycles. The summed E-state index contributed by atoms with van der Waals surface area (Å²) in [6.07, 6.45) is -1.14. The molecule has 3 rings (SSSR count). The number of halogens is 1. The third kappa shape index (κ3) is 3.59. The lowest BCUT2D eigenvalue weighted by Gasteiger charge is -2.50.